The van der Waals surface area contributed by atoms with Gasteiger partial charge in [0.05, 0.1) is 5.69 Å². The van der Waals surface area contributed by atoms with Gasteiger partial charge in [-0.2, -0.15) is 0 Å². The van der Waals surface area contributed by atoms with E-state index in [-0.39, 0.29) is 11.6 Å². The number of amides is 1. The van der Waals surface area contributed by atoms with Gasteiger partial charge in [-0.25, -0.2) is 14.1 Å². The number of aryl methyl sites for hydroxylation is 3. The number of rotatable bonds is 4. The van der Waals surface area contributed by atoms with E-state index in [9.17, 15) is 9.18 Å². The predicted molar refractivity (Wildman–Crippen MR) is 120 cm³/mol. The zero-order valence-corrected chi connectivity index (χ0v) is 17.9. The Balaban J connectivity index is 1.79. The number of aromatic nitrogens is 3. The van der Waals surface area contributed by atoms with E-state index < -0.39 is 5.91 Å². The van der Waals surface area contributed by atoms with Crippen molar-refractivity contribution in [2.45, 2.75) is 27.7 Å². The van der Waals surface area contributed by atoms with E-state index in [0.29, 0.717) is 17.1 Å². The van der Waals surface area contributed by atoms with E-state index in [1.54, 1.807) is 16.8 Å². The molecule has 0 radical (unpaired) electrons. The highest BCUT2D eigenvalue weighted by Crippen LogP contribution is 2.25. The molecule has 1 aromatic heterocycles. The quantitative estimate of drug-likeness (QED) is 0.476. The summed E-state index contributed by atoms with van der Waals surface area (Å²) in [5.74, 6) is -0.234. The van der Waals surface area contributed by atoms with Gasteiger partial charge >= 0.3 is 0 Å². The van der Waals surface area contributed by atoms with Gasteiger partial charge < -0.3 is 5.32 Å². The molecule has 4 rings (SSSR count). The van der Waals surface area contributed by atoms with E-state index in [4.69, 9.17) is 0 Å². The maximum Gasteiger partial charge on any atom is 0.295 e. The zero-order valence-electron chi connectivity index (χ0n) is 17.9. The molecule has 1 amide bonds. The minimum absolute atomic E-state index is 0.0402. The highest BCUT2D eigenvalue weighted by molar-refractivity contribution is 6.01. The predicted octanol–water partition coefficient (Wildman–Crippen LogP) is 5.56. The van der Waals surface area contributed by atoms with Gasteiger partial charge in [0.15, 0.2) is 5.82 Å². The lowest BCUT2D eigenvalue weighted by Gasteiger charge is -2.11. The van der Waals surface area contributed by atoms with E-state index in [2.05, 4.69) is 15.4 Å². The summed E-state index contributed by atoms with van der Waals surface area (Å²) < 4.78 is 15.1. The molecule has 0 aliphatic heterocycles. The molecule has 31 heavy (non-hydrogen) atoms. The van der Waals surface area contributed by atoms with E-state index in [0.717, 1.165) is 27.9 Å². The highest BCUT2D eigenvalue weighted by atomic mass is 19.1. The number of halogens is 1. The zero-order chi connectivity index (χ0) is 22.1. The highest BCUT2D eigenvalue weighted by Gasteiger charge is 2.20. The summed E-state index contributed by atoms with van der Waals surface area (Å²) in [6.07, 6.45) is 0. The Bertz CT molecular complexity index is 1280. The number of anilines is 1. The minimum atomic E-state index is -0.407. The molecule has 5 nitrogen and oxygen atoms in total. The first-order valence-corrected chi connectivity index (χ1v) is 10.0. The summed E-state index contributed by atoms with van der Waals surface area (Å²) in [6.45, 7) is 8.02. The lowest BCUT2D eigenvalue weighted by molar-refractivity contribution is 0.101. The Labute approximate surface area is 180 Å². The lowest BCUT2D eigenvalue weighted by Crippen LogP contribution is -2.14. The summed E-state index contributed by atoms with van der Waals surface area (Å²) in [6, 6.07) is 17.6. The molecule has 6 heteroatoms. The lowest BCUT2D eigenvalue weighted by atomic mass is 10.1. The smallest absolute Gasteiger partial charge is 0.295 e. The van der Waals surface area contributed by atoms with Gasteiger partial charge in [-0.15, -0.1) is 5.10 Å². The van der Waals surface area contributed by atoms with Crippen molar-refractivity contribution in [1.82, 2.24) is 14.8 Å². The van der Waals surface area contributed by atoms with Crippen LogP contribution in [0.25, 0.3) is 17.1 Å². The minimum Gasteiger partial charge on any atom is -0.319 e. The van der Waals surface area contributed by atoms with Crippen LogP contribution in [0, 0.1) is 33.5 Å². The number of hydrogen-bond donors (Lipinski definition) is 1. The van der Waals surface area contributed by atoms with Gasteiger partial charge in [0.25, 0.3) is 5.91 Å². The summed E-state index contributed by atoms with van der Waals surface area (Å²) in [7, 11) is 0. The van der Waals surface area contributed by atoms with Crippen molar-refractivity contribution in [2.75, 3.05) is 5.32 Å². The van der Waals surface area contributed by atoms with Crippen LogP contribution in [0.2, 0.25) is 0 Å². The van der Waals surface area contributed by atoms with Crippen LogP contribution in [-0.2, 0) is 0 Å². The van der Waals surface area contributed by atoms with Crippen molar-refractivity contribution in [3.05, 3.63) is 94.6 Å². The normalized spacial score (nSPS) is 10.9. The van der Waals surface area contributed by atoms with Crippen molar-refractivity contribution < 1.29 is 9.18 Å². The molecule has 0 spiro atoms. The third-order valence-electron chi connectivity index (χ3n) is 5.48. The summed E-state index contributed by atoms with van der Waals surface area (Å²) >= 11 is 0. The van der Waals surface area contributed by atoms with Crippen LogP contribution in [0.4, 0.5) is 10.1 Å². The first-order valence-electron chi connectivity index (χ1n) is 10.0. The second kappa shape index (κ2) is 8.14. The molecule has 3 aromatic carbocycles. The molecule has 0 saturated carbocycles. The third kappa shape index (κ3) is 4.10. The van der Waals surface area contributed by atoms with Crippen LogP contribution < -0.4 is 5.32 Å². The Hall–Kier alpha value is -3.80. The number of carbonyl (C=O) groups is 1. The van der Waals surface area contributed by atoms with Gasteiger partial charge in [0.2, 0.25) is 5.82 Å². The molecule has 0 aliphatic carbocycles. The van der Waals surface area contributed by atoms with E-state index in [1.807, 2.05) is 64.1 Å². The molecule has 1 heterocycles. The second-order valence-corrected chi connectivity index (χ2v) is 7.65. The average molecular weight is 414 g/mol. The fraction of sp³-hybridized carbons (Fsp3) is 0.160. The van der Waals surface area contributed by atoms with Crippen molar-refractivity contribution in [1.29, 1.82) is 0 Å². The number of nitrogens with one attached hydrogen (secondary N) is 1. The first kappa shape index (κ1) is 20.5. The van der Waals surface area contributed by atoms with Crippen LogP contribution in [0.15, 0.2) is 60.7 Å². The molecule has 0 unspecified atom stereocenters. The molecule has 4 aromatic rings. The molecule has 1 N–H and O–H groups in total. The number of hydrogen-bond acceptors (Lipinski definition) is 3. The summed E-state index contributed by atoms with van der Waals surface area (Å²) in [4.78, 5) is 17.4. The average Bonchev–Trinajstić information content (AvgIpc) is 3.18. The van der Waals surface area contributed by atoms with Crippen LogP contribution >= 0.6 is 0 Å². The molecule has 0 atom stereocenters. The Morgan fingerprint density at radius 2 is 1.65 bits per heavy atom. The molecule has 156 valence electrons. The standard InChI is InChI=1S/C25H23FN4O/c1-15-8-13-21(14-17(15)3)27-25(31)23-28-24(19-9-11-20(26)12-10-19)30(29-23)22-7-5-6-16(2)18(22)4/h5-14H,1-4H3,(H,27,31). The maximum absolute atomic E-state index is 13.5. The van der Waals surface area contributed by atoms with Gasteiger partial charge in [0, 0.05) is 11.3 Å². The summed E-state index contributed by atoms with van der Waals surface area (Å²) in [5.41, 5.74) is 6.51. The van der Waals surface area contributed by atoms with Gasteiger partial charge in [-0.3, -0.25) is 4.79 Å². The second-order valence-electron chi connectivity index (χ2n) is 7.65. The van der Waals surface area contributed by atoms with Crippen LogP contribution in [0.1, 0.15) is 32.9 Å². The van der Waals surface area contributed by atoms with Crippen molar-refractivity contribution in [3.63, 3.8) is 0 Å². The first-order chi connectivity index (χ1) is 14.8. The van der Waals surface area contributed by atoms with E-state index >= 15 is 0 Å². The van der Waals surface area contributed by atoms with Crippen molar-refractivity contribution in [2.24, 2.45) is 0 Å². The Morgan fingerprint density at radius 3 is 2.35 bits per heavy atom. The van der Waals surface area contributed by atoms with Crippen molar-refractivity contribution in [3.8, 4) is 17.1 Å². The summed E-state index contributed by atoms with van der Waals surface area (Å²) in [5, 5.41) is 7.38. The molecular weight excluding hydrogens is 391 g/mol. The molecule has 0 saturated heterocycles. The topological polar surface area (TPSA) is 59.8 Å². The number of benzene rings is 3. The molecule has 0 fully saturated rings. The molecule has 0 aliphatic rings. The van der Waals surface area contributed by atoms with Gasteiger partial charge in [0.1, 0.15) is 5.82 Å². The maximum atomic E-state index is 13.5. The van der Waals surface area contributed by atoms with Crippen LogP contribution in [0.5, 0.6) is 0 Å². The van der Waals surface area contributed by atoms with Crippen LogP contribution in [0.3, 0.4) is 0 Å². The number of carbonyl (C=O) groups excluding carboxylic acids is 1. The van der Waals surface area contributed by atoms with Crippen LogP contribution in [-0.4, -0.2) is 20.7 Å². The van der Waals surface area contributed by atoms with Crippen molar-refractivity contribution >= 4 is 11.6 Å². The largest absolute Gasteiger partial charge is 0.319 e. The Morgan fingerprint density at radius 1 is 0.903 bits per heavy atom. The van der Waals surface area contributed by atoms with Gasteiger partial charge in [-0.1, -0.05) is 18.2 Å². The monoisotopic (exact) mass is 414 g/mol. The van der Waals surface area contributed by atoms with E-state index in [1.165, 1.54) is 12.1 Å². The fourth-order valence-corrected chi connectivity index (χ4v) is 3.33. The van der Waals surface area contributed by atoms with Gasteiger partial charge in [-0.05, 0) is 92.4 Å². The molecular formula is C25H23FN4O. The fourth-order valence-electron chi connectivity index (χ4n) is 3.33. The molecule has 0 bridgehead atoms. The third-order valence-corrected chi connectivity index (χ3v) is 5.48. The number of nitrogens with zero attached hydrogens (tertiary/aromatic N) is 3. The Kier molecular flexibility index (Phi) is 5.38. The SMILES string of the molecule is Cc1ccc(NC(=O)c2nc(-c3ccc(F)cc3)n(-c3cccc(C)c3C)n2)cc1C.